The number of rotatable bonds is 3. The molecule has 4 nitrogen and oxygen atoms in total. The van der Waals surface area contributed by atoms with Crippen LogP contribution in [0.25, 0.3) is 0 Å². The van der Waals surface area contributed by atoms with Gasteiger partial charge in [0.05, 0.1) is 11.6 Å². The predicted molar refractivity (Wildman–Crippen MR) is 68.3 cm³/mol. The van der Waals surface area contributed by atoms with Gasteiger partial charge in [0.1, 0.15) is 0 Å². The van der Waals surface area contributed by atoms with Gasteiger partial charge in [-0.05, 0) is 43.0 Å². The van der Waals surface area contributed by atoms with Crippen molar-refractivity contribution in [2.24, 2.45) is 5.92 Å². The summed E-state index contributed by atoms with van der Waals surface area (Å²) >= 11 is 0. The van der Waals surface area contributed by atoms with Crippen LogP contribution in [-0.4, -0.2) is 24.2 Å². The van der Waals surface area contributed by atoms with Crippen LogP contribution < -0.4 is 4.90 Å². The van der Waals surface area contributed by atoms with E-state index in [1.807, 2.05) is 12.1 Å². The Balaban J connectivity index is 2.03. The van der Waals surface area contributed by atoms with Gasteiger partial charge in [-0.15, -0.1) is 0 Å². The minimum absolute atomic E-state index is 0.229. The van der Waals surface area contributed by atoms with E-state index in [-0.39, 0.29) is 12.3 Å². The Morgan fingerprint density at radius 1 is 1.44 bits per heavy atom. The van der Waals surface area contributed by atoms with Crippen LogP contribution in [0, 0.1) is 17.2 Å². The summed E-state index contributed by atoms with van der Waals surface area (Å²) in [5.41, 5.74) is 1.72. The molecule has 1 aromatic rings. The standard InChI is InChI=1S/C14H16N2O2/c15-9-11-3-5-13(6-4-11)16-7-1-2-12(10-16)8-14(17)18/h3-6,12H,1-2,7-8,10H2,(H,17,18). The summed E-state index contributed by atoms with van der Waals surface area (Å²) in [4.78, 5) is 12.9. The highest BCUT2D eigenvalue weighted by Gasteiger charge is 2.22. The van der Waals surface area contributed by atoms with Crippen molar-refractivity contribution in [2.75, 3.05) is 18.0 Å². The first-order valence-electron chi connectivity index (χ1n) is 6.16. The van der Waals surface area contributed by atoms with Gasteiger partial charge in [0.25, 0.3) is 0 Å². The number of hydrogen-bond acceptors (Lipinski definition) is 3. The second-order valence-corrected chi connectivity index (χ2v) is 4.71. The van der Waals surface area contributed by atoms with Gasteiger partial charge in [0.15, 0.2) is 0 Å². The number of carbonyl (C=O) groups is 1. The summed E-state index contributed by atoms with van der Waals surface area (Å²) in [5.74, 6) is -0.492. The Labute approximate surface area is 106 Å². The largest absolute Gasteiger partial charge is 0.481 e. The van der Waals surface area contributed by atoms with Crippen LogP contribution in [0.1, 0.15) is 24.8 Å². The Morgan fingerprint density at radius 3 is 2.78 bits per heavy atom. The topological polar surface area (TPSA) is 64.3 Å². The highest BCUT2D eigenvalue weighted by atomic mass is 16.4. The normalized spacial score (nSPS) is 19.3. The molecule has 0 radical (unpaired) electrons. The van der Waals surface area contributed by atoms with E-state index in [1.54, 1.807) is 12.1 Å². The zero-order valence-electron chi connectivity index (χ0n) is 10.2. The molecule has 1 N–H and O–H groups in total. The summed E-state index contributed by atoms with van der Waals surface area (Å²) in [5, 5.41) is 17.6. The second-order valence-electron chi connectivity index (χ2n) is 4.71. The van der Waals surface area contributed by atoms with E-state index >= 15 is 0 Å². The molecular weight excluding hydrogens is 228 g/mol. The molecule has 1 saturated heterocycles. The van der Waals surface area contributed by atoms with Crippen LogP contribution in [0.15, 0.2) is 24.3 Å². The molecule has 1 unspecified atom stereocenters. The lowest BCUT2D eigenvalue weighted by Crippen LogP contribution is -2.36. The number of anilines is 1. The molecule has 1 aromatic carbocycles. The molecule has 0 spiro atoms. The van der Waals surface area contributed by atoms with E-state index in [1.165, 1.54) is 0 Å². The van der Waals surface area contributed by atoms with Crippen molar-refractivity contribution < 1.29 is 9.90 Å². The Kier molecular flexibility index (Phi) is 3.83. The number of piperidine rings is 1. The van der Waals surface area contributed by atoms with Crippen molar-refractivity contribution in [3.05, 3.63) is 29.8 Å². The van der Waals surface area contributed by atoms with Crippen LogP contribution in [0.2, 0.25) is 0 Å². The number of carboxylic acids is 1. The first kappa shape index (κ1) is 12.4. The maximum absolute atomic E-state index is 10.7. The summed E-state index contributed by atoms with van der Waals surface area (Å²) in [6, 6.07) is 9.56. The zero-order chi connectivity index (χ0) is 13.0. The number of aliphatic carboxylic acids is 1. The van der Waals surface area contributed by atoms with Gasteiger partial charge < -0.3 is 10.0 Å². The smallest absolute Gasteiger partial charge is 0.303 e. The van der Waals surface area contributed by atoms with Crippen LogP contribution in [-0.2, 0) is 4.79 Å². The molecule has 2 rings (SSSR count). The molecule has 1 fully saturated rings. The number of carboxylic acid groups (broad SMARTS) is 1. The predicted octanol–water partition coefficient (Wildman–Crippen LogP) is 2.25. The molecule has 0 amide bonds. The molecule has 1 heterocycles. The minimum Gasteiger partial charge on any atom is -0.481 e. The average Bonchev–Trinajstić information content (AvgIpc) is 2.38. The van der Waals surface area contributed by atoms with Crippen molar-refractivity contribution in [1.82, 2.24) is 0 Å². The molecule has 1 aliphatic heterocycles. The molecule has 0 aromatic heterocycles. The van der Waals surface area contributed by atoms with E-state index in [0.29, 0.717) is 5.56 Å². The average molecular weight is 244 g/mol. The Hall–Kier alpha value is -2.02. The molecule has 4 heteroatoms. The highest BCUT2D eigenvalue weighted by Crippen LogP contribution is 2.25. The summed E-state index contributed by atoms with van der Waals surface area (Å²) < 4.78 is 0. The van der Waals surface area contributed by atoms with E-state index in [2.05, 4.69) is 11.0 Å². The number of nitrogens with zero attached hydrogens (tertiary/aromatic N) is 2. The molecule has 0 aliphatic carbocycles. The third kappa shape index (κ3) is 3.01. The van der Waals surface area contributed by atoms with E-state index < -0.39 is 5.97 Å². The van der Waals surface area contributed by atoms with Gasteiger partial charge in [0.2, 0.25) is 0 Å². The van der Waals surface area contributed by atoms with Gasteiger partial charge in [-0.3, -0.25) is 4.79 Å². The summed E-state index contributed by atoms with van der Waals surface area (Å²) in [7, 11) is 0. The lowest BCUT2D eigenvalue weighted by atomic mass is 9.94. The minimum atomic E-state index is -0.721. The SMILES string of the molecule is N#Cc1ccc(N2CCCC(CC(=O)O)C2)cc1. The molecule has 94 valence electrons. The Bertz CT molecular complexity index is 462. The summed E-state index contributed by atoms with van der Waals surface area (Å²) in [6.45, 7) is 1.75. The first-order chi connectivity index (χ1) is 8.69. The number of hydrogen-bond donors (Lipinski definition) is 1. The summed E-state index contributed by atoms with van der Waals surface area (Å²) in [6.07, 6.45) is 2.25. The lowest BCUT2D eigenvalue weighted by Gasteiger charge is -2.33. The molecular formula is C14H16N2O2. The molecule has 0 saturated carbocycles. The van der Waals surface area contributed by atoms with Crippen molar-refractivity contribution in [3.63, 3.8) is 0 Å². The van der Waals surface area contributed by atoms with Crippen molar-refractivity contribution >= 4 is 11.7 Å². The van der Waals surface area contributed by atoms with Crippen LogP contribution in [0.4, 0.5) is 5.69 Å². The maximum Gasteiger partial charge on any atom is 0.303 e. The van der Waals surface area contributed by atoms with Crippen molar-refractivity contribution in [1.29, 1.82) is 5.26 Å². The number of benzene rings is 1. The number of nitriles is 1. The van der Waals surface area contributed by atoms with Gasteiger partial charge in [-0.2, -0.15) is 5.26 Å². The van der Waals surface area contributed by atoms with Gasteiger partial charge >= 0.3 is 5.97 Å². The molecule has 1 aliphatic rings. The maximum atomic E-state index is 10.7. The second kappa shape index (κ2) is 5.54. The Morgan fingerprint density at radius 2 is 2.17 bits per heavy atom. The van der Waals surface area contributed by atoms with Gasteiger partial charge in [-0.1, -0.05) is 0 Å². The third-order valence-corrected chi connectivity index (χ3v) is 3.34. The van der Waals surface area contributed by atoms with E-state index in [0.717, 1.165) is 31.6 Å². The quantitative estimate of drug-likeness (QED) is 0.885. The molecule has 1 atom stereocenters. The molecule has 18 heavy (non-hydrogen) atoms. The van der Waals surface area contributed by atoms with Crippen LogP contribution >= 0.6 is 0 Å². The zero-order valence-corrected chi connectivity index (χ0v) is 10.2. The first-order valence-corrected chi connectivity index (χ1v) is 6.16. The fourth-order valence-electron chi connectivity index (χ4n) is 2.46. The van der Waals surface area contributed by atoms with Crippen LogP contribution in [0.3, 0.4) is 0 Å². The highest BCUT2D eigenvalue weighted by molar-refractivity contribution is 5.67. The van der Waals surface area contributed by atoms with Gasteiger partial charge in [0, 0.05) is 25.2 Å². The fraction of sp³-hybridized carbons (Fsp3) is 0.429. The monoisotopic (exact) mass is 244 g/mol. The molecule has 0 bridgehead atoms. The van der Waals surface area contributed by atoms with E-state index in [4.69, 9.17) is 10.4 Å². The fourth-order valence-corrected chi connectivity index (χ4v) is 2.46. The van der Waals surface area contributed by atoms with Gasteiger partial charge in [-0.25, -0.2) is 0 Å². The van der Waals surface area contributed by atoms with Crippen molar-refractivity contribution in [2.45, 2.75) is 19.3 Å². The van der Waals surface area contributed by atoms with Crippen LogP contribution in [0.5, 0.6) is 0 Å². The third-order valence-electron chi connectivity index (χ3n) is 3.34. The van der Waals surface area contributed by atoms with Crippen molar-refractivity contribution in [3.8, 4) is 6.07 Å². The lowest BCUT2D eigenvalue weighted by molar-refractivity contribution is -0.138. The van der Waals surface area contributed by atoms with E-state index in [9.17, 15) is 4.79 Å².